The number of imidazole rings is 1. The summed E-state index contributed by atoms with van der Waals surface area (Å²) in [5.74, 6) is 2.05. The Bertz CT molecular complexity index is 635. The normalized spacial score (nSPS) is 22.0. The van der Waals surface area contributed by atoms with Crippen LogP contribution < -0.4 is 10.6 Å². The summed E-state index contributed by atoms with van der Waals surface area (Å²) in [7, 11) is 1.98. The number of nitrogens with zero attached hydrogens (tertiary/aromatic N) is 5. The Kier molecular flexibility index (Phi) is 3.63. The van der Waals surface area contributed by atoms with Crippen LogP contribution in [0.15, 0.2) is 18.6 Å². The second kappa shape index (κ2) is 5.44. The molecule has 1 saturated heterocycles. The largest absolute Gasteiger partial charge is 0.354 e. The van der Waals surface area contributed by atoms with Crippen LogP contribution in [0, 0.1) is 6.92 Å². The first-order chi connectivity index (χ1) is 10.1. The Hall–Kier alpha value is -1.95. The second-order valence-corrected chi connectivity index (χ2v) is 5.76. The molecule has 0 aromatic carbocycles. The van der Waals surface area contributed by atoms with Crippen LogP contribution in [-0.4, -0.2) is 38.7 Å². The zero-order valence-electron chi connectivity index (χ0n) is 12.8. The summed E-state index contributed by atoms with van der Waals surface area (Å²) in [5, 5.41) is 0. The van der Waals surface area contributed by atoms with E-state index in [2.05, 4.69) is 39.0 Å². The number of aryl methyl sites for hydroxylation is 3. The number of rotatable bonds is 3. The minimum Gasteiger partial charge on any atom is -0.354 e. The molecule has 1 fully saturated rings. The van der Waals surface area contributed by atoms with Gasteiger partial charge in [-0.05, 0) is 13.3 Å². The summed E-state index contributed by atoms with van der Waals surface area (Å²) in [4.78, 5) is 15.7. The molecular formula is C15H22N6. The summed E-state index contributed by atoms with van der Waals surface area (Å²) in [5.41, 5.74) is 8.46. The van der Waals surface area contributed by atoms with Crippen molar-refractivity contribution >= 4 is 5.82 Å². The van der Waals surface area contributed by atoms with Crippen molar-refractivity contribution < 1.29 is 0 Å². The minimum atomic E-state index is 0.0836. The third-order valence-corrected chi connectivity index (χ3v) is 4.03. The second-order valence-electron chi connectivity index (χ2n) is 5.76. The van der Waals surface area contributed by atoms with Gasteiger partial charge in [0.25, 0.3) is 0 Å². The molecule has 0 amide bonds. The topological polar surface area (TPSA) is 72.9 Å². The van der Waals surface area contributed by atoms with E-state index in [1.54, 1.807) is 0 Å². The van der Waals surface area contributed by atoms with E-state index in [-0.39, 0.29) is 12.0 Å². The van der Waals surface area contributed by atoms with Gasteiger partial charge in [-0.3, -0.25) is 0 Å². The molecule has 112 valence electrons. The summed E-state index contributed by atoms with van der Waals surface area (Å²) >= 11 is 0. The van der Waals surface area contributed by atoms with E-state index in [0.717, 1.165) is 42.5 Å². The van der Waals surface area contributed by atoms with Crippen molar-refractivity contribution in [3.8, 4) is 0 Å². The van der Waals surface area contributed by atoms with Crippen LogP contribution in [0.4, 0.5) is 5.82 Å². The van der Waals surface area contributed by atoms with Crippen LogP contribution in [0.1, 0.15) is 30.1 Å². The zero-order valence-corrected chi connectivity index (χ0v) is 12.8. The standard InChI is InChI=1S/C15H22N6/c1-4-11-5-15(19-10(2)18-11)21-6-12(13(16)7-21)14-8-20(3)9-17-14/h5,8-9,12-13H,4,6-7,16H2,1-3H3/t12-,13-/m1/s1. The molecule has 0 saturated carbocycles. The van der Waals surface area contributed by atoms with E-state index >= 15 is 0 Å². The highest BCUT2D eigenvalue weighted by Gasteiger charge is 2.33. The van der Waals surface area contributed by atoms with Crippen molar-refractivity contribution in [2.45, 2.75) is 32.2 Å². The molecule has 2 aromatic rings. The fourth-order valence-electron chi connectivity index (χ4n) is 2.91. The highest BCUT2D eigenvalue weighted by molar-refractivity contribution is 5.43. The number of aromatic nitrogens is 4. The monoisotopic (exact) mass is 286 g/mol. The van der Waals surface area contributed by atoms with Crippen LogP contribution in [0.5, 0.6) is 0 Å². The molecule has 2 aromatic heterocycles. The SMILES string of the molecule is CCc1cc(N2C[C@@H](N)[C@H](c3cn(C)cn3)C2)nc(C)n1. The Balaban J connectivity index is 1.84. The van der Waals surface area contributed by atoms with Gasteiger partial charge in [0.2, 0.25) is 0 Å². The van der Waals surface area contributed by atoms with Crippen LogP contribution in [0.25, 0.3) is 0 Å². The zero-order chi connectivity index (χ0) is 15.0. The van der Waals surface area contributed by atoms with Gasteiger partial charge in [-0.1, -0.05) is 6.92 Å². The van der Waals surface area contributed by atoms with Crippen molar-refractivity contribution in [3.05, 3.63) is 35.8 Å². The Morgan fingerprint density at radius 1 is 1.33 bits per heavy atom. The molecule has 6 heteroatoms. The van der Waals surface area contributed by atoms with Gasteiger partial charge in [-0.2, -0.15) is 0 Å². The highest BCUT2D eigenvalue weighted by atomic mass is 15.2. The van der Waals surface area contributed by atoms with E-state index in [0.29, 0.717) is 0 Å². The van der Waals surface area contributed by atoms with Crippen molar-refractivity contribution in [2.75, 3.05) is 18.0 Å². The minimum absolute atomic E-state index is 0.0836. The molecule has 0 spiro atoms. The van der Waals surface area contributed by atoms with E-state index < -0.39 is 0 Å². The smallest absolute Gasteiger partial charge is 0.132 e. The number of nitrogens with two attached hydrogens (primary N) is 1. The highest BCUT2D eigenvalue weighted by Crippen LogP contribution is 2.28. The molecule has 3 rings (SSSR count). The molecule has 3 heterocycles. The molecule has 21 heavy (non-hydrogen) atoms. The lowest BCUT2D eigenvalue weighted by molar-refractivity contribution is 0.639. The van der Waals surface area contributed by atoms with Gasteiger partial charge >= 0.3 is 0 Å². The number of hydrogen-bond donors (Lipinski definition) is 1. The lowest BCUT2D eigenvalue weighted by Crippen LogP contribution is -2.29. The molecule has 0 aliphatic carbocycles. The van der Waals surface area contributed by atoms with Gasteiger partial charge in [0, 0.05) is 50.1 Å². The maximum absolute atomic E-state index is 6.32. The first-order valence-electron chi connectivity index (χ1n) is 7.39. The van der Waals surface area contributed by atoms with Crippen molar-refractivity contribution in [1.82, 2.24) is 19.5 Å². The lowest BCUT2D eigenvalue weighted by Gasteiger charge is -2.18. The molecule has 2 atom stereocenters. The third-order valence-electron chi connectivity index (χ3n) is 4.03. The van der Waals surface area contributed by atoms with Gasteiger partial charge < -0.3 is 15.2 Å². The van der Waals surface area contributed by atoms with Gasteiger partial charge in [0.05, 0.1) is 12.0 Å². The fourth-order valence-corrected chi connectivity index (χ4v) is 2.91. The first kappa shape index (κ1) is 14.0. The summed E-state index contributed by atoms with van der Waals surface area (Å²) in [6, 6.07) is 2.15. The van der Waals surface area contributed by atoms with Crippen molar-refractivity contribution in [2.24, 2.45) is 12.8 Å². The molecule has 1 aliphatic heterocycles. The molecular weight excluding hydrogens is 264 g/mol. The van der Waals surface area contributed by atoms with E-state index in [1.165, 1.54) is 0 Å². The Morgan fingerprint density at radius 2 is 2.14 bits per heavy atom. The van der Waals surface area contributed by atoms with Crippen LogP contribution >= 0.6 is 0 Å². The van der Waals surface area contributed by atoms with Gasteiger partial charge in [-0.15, -0.1) is 0 Å². The number of anilines is 1. The quantitative estimate of drug-likeness (QED) is 0.911. The molecule has 0 bridgehead atoms. The van der Waals surface area contributed by atoms with Gasteiger partial charge in [0.1, 0.15) is 11.6 Å². The number of hydrogen-bond acceptors (Lipinski definition) is 5. The fraction of sp³-hybridized carbons (Fsp3) is 0.533. The molecule has 6 nitrogen and oxygen atoms in total. The van der Waals surface area contributed by atoms with Gasteiger partial charge in [0.15, 0.2) is 0 Å². The van der Waals surface area contributed by atoms with E-state index in [4.69, 9.17) is 5.73 Å². The third kappa shape index (κ3) is 2.76. The van der Waals surface area contributed by atoms with Crippen LogP contribution in [0.2, 0.25) is 0 Å². The molecule has 2 N–H and O–H groups in total. The average Bonchev–Trinajstić information content (AvgIpc) is 3.04. The summed E-state index contributed by atoms with van der Waals surface area (Å²) in [6.45, 7) is 5.71. The maximum Gasteiger partial charge on any atom is 0.132 e. The maximum atomic E-state index is 6.32. The molecule has 0 unspecified atom stereocenters. The van der Waals surface area contributed by atoms with Crippen molar-refractivity contribution in [3.63, 3.8) is 0 Å². The van der Waals surface area contributed by atoms with E-state index in [1.807, 2.05) is 24.9 Å². The average molecular weight is 286 g/mol. The van der Waals surface area contributed by atoms with Gasteiger partial charge in [-0.25, -0.2) is 15.0 Å². The molecule has 0 radical (unpaired) electrons. The van der Waals surface area contributed by atoms with E-state index in [9.17, 15) is 0 Å². The summed E-state index contributed by atoms with van der Waals surface area (Å²) in [6.07, 6.45) is 4.80. The Morgan fingerprint density at radius 3 is 2.81 bits per heavy atom. The lowest BCUT2D eigenvalue weighted by atomic mass is 10.0. The first-order valence-corrected chi connectivity index (χ1v) is 7.39. The Labute approximate surface area is 125 Å². The summed E-state index contributed by atoms with van der Waals surface area (Å²) < 4.78 is 1.97. The van der Waals surface area contributed by atoms with Crippen molar-refractivity contribution in [1.29, 1.82) is 0 Å². The van der Waals surface area contributed by atoms with Crippen LogP contribution in [0.3, 0.4) is 0 Å². The predicted molar refractivity (Wildman–Crippen MR) is 82.3 cm³/mol. The van der Waals surface area contributed by atoms with Crippen LogP contribution in [-0.2, 0) is 13.5 Å². The molecule has 1 aliphatic rings. The predicted octanol–water partition coefficient (Wildman–Crippen LogP) is 1.01.